The molecule has 0 aromatic carbocycles. The first-order chi connectivity index (χ1) is 4.77. The summed E-state index contributed by atoms with van der Waals surface area (Å²) in [6, 6.07) is 0. The van der Waals surface area contributed by atoms with E-state index in [0.29, 0.717) is 6.10 Å². The number of likely N-dealkylation sites (tertiary alicyclic amines) is 1. The molecular weight excluding hydrogens is 128 g/mol. The fourth-order valence-corrected chi connectivity index (χ4v) is 1.03. The van der Waals surface area contributed by atoms with Gasteiger partial charge in [0.1, 0.15) is 0 Å². The molecule has 3 heteroatoms. The predicted molar refractivity (Wildman–Crippen MR) is 40.4 cm³/mol. The van der Waals surface area contributed by atoms with Crippen molar-refractivity contribution >= 4 is 5.84 Å². The van der Waals surface area contributed by atoms with Crippen LogP contribution in [0.15, 0.2) is 0 Å². The van der Waals surface area contributed by atoms with E-state index in [0.717, 1.165) is 25.3 Å². The Morgan fingerprint density at radius 3 is 2.70 bits per heavy atom. The molecule has 0 saturated carbocycles. The summed E-state index contributed by atoms with van der Waals surface area (Å²) in [4.78, 5) is 2.04. The van der Waals surface area contributed by atoms with Gasteiger partial charge < -0.3 is 9.64 Å². The highest BCUT2D eigenvalue weighted by atomic mass is 16.5. The molecule has 1 N–H and O–H groups in total. The molecule has 1 aliphatic heterocycles. The van der Waals surface area contributed by atoms with E-state index in [1.54, 1.807) is 7.11 Å². The van der Waals surface area contributed by atoms with Crippen LogP contribution in [0, 0.1) is 5.41 Å². The van der Waals surface area contributed by atoms with Crippen molar-refractivity contribution in [2.45, 2.75) is 19.4 Å². The summed E-state index contributed by atoms with van der Waals surface area (Å²) < 4.78 is 5.07. The Hall–Kier alpha value is -0.570. The molecule has 0 spiro atoms. The quantitative estimate of drug-likeness (QED) is 0.455. The molecule has 1 heterocycles. The first-order valence-corrected chi connectivity index (χ1v) is 3.63. The van der Waals surface area contributed by atoms with E-state index in [4.69, 9.17) is 10.1 Å². The third-order valence-electron chi connectivity index (χ3n) is 1.90. The zero-order chi connectivity index (χ0) is 7.56. The minimum absolute atomic E-state index is 0.367. The van der Waals surface area contributed by atoms with Gasteiger partial charge in [-0.1, -0.05) is 6.92 Å². The lowest BCUT2D eigenvalue weighted by molar-refractivity contribution is 0.00459. The molecule has 0 aliphatic carbocycles. The second kappa shape index (κ2) is 3.01. The topological polar surface area (TPSA) is 36.3 Å². The van der Waals surface area contributed by atoms with E-state index >= 15 is 0 Å². The minimum Gasteiger partial charge on any atom is -0.378 e. The number of nitrogens with one attached hydrogen (secondary N) is 1. The Morgan fingerprint density at radius 2 is 2.30 bits per heavy atom. The zero-order valence-corrected chi connectivity index (χ0v) is 6.55. The van der Waals surface area contributed by atoms with Crippen LogP contribution in [-0.4, -0.2) is 37.0 Å². The van der Waals surface area contributed by atoms with Gasteiger partial charge in [0.25, 0.3) is 0 Å². The summed E-state index contributed by atoms with van der Waals surface area (Å²) in [5.41, 5.74) is 0. The fourth-order valence-electron chi connectivity index (χ4n) is 1.03. The number of amidine groups is 1. The molecule has 0 atom stereocenters. The highest BCUT2D eigenvalue weighted by Gasteiger charge is 2.27. The maximum Gasteiger partial charge on any atom is 0.0956 e. The standard InChI is InChI=1S/C7H14N2O/c1-3-7(8)9-4-6(5-9)10-2/h6,8H,3-5H2,1-2H3. The number of hydrogen-bond acceptors (Lipinski definition) is 2. The molecule has 0 bridgehead atoms. The zero-order valence-electron chi connectivity index (χ0n) is 6.55. The van der Waals surface area contributed by atoms with Crippen molar-refractivity contribution in [2.75, 3.05) is 20.2 Å². The molecule has 0 aromatic heterocycles. The van der Waals surface area contributed by atoms with Crippen LogP contribution in [-0.2, 0) is 4.74 Å². The van der Waals surface area contributed by atoms with Crippen LogP contribution in [0.1, 0.15) is 13.3 Å². The van der Waals surface area contributed by atoms with Gasteiger partial charge in [-0.25, -0.2) is 0 Å². The van der Waals surface area contributed by atoms with Gasteiger partial charge in [-0.15, -0.1) is 0 Å². The van der Waals surface area contributed by atoms with Gasteiger partial charge >= 0.3 is 0 Å². The van der Waals surface area contributed by atoms with Gasteiger partial charge in [-0.05, 0) is 0 Å². The SMILES string of the molecule is CCC(=N)N1CC(OC)C1. The Labute approximate surface area is 61.5 Å². The average molecular weight is 142 g/mol. The molecule has 0 amide bonds. The smallest absolute Gasteiger partial charge is 0.0956 e. The lowest BCUT2D eigenvalue weighted by Gasteiger charge is -2.39. The van der Waals surface area contributed by atoms with Gasteiger partial charge in [-0.2, -0.15) is 0 Å². The molecule has 0 unspecified atom stereocenters. The molecule has 10 heavy (non-hydrogen) atoms. The Bertz CT molecular complexity index is 130. The van der Waals surface area contributed by atoms with Crippen LogP contribution >= 0.6 is 0 Å². The van der Waals surface area contributed by atoms with Crippen LogP contribution in [0.4, 0.5) is 0 Å². The van der Waals surface area contributed by atoms with Crippen LogP contribution in [0.2, 0.25) is 0 Å². The summed E-state index contributed by atoms with van der Waals surface area (Å²) in [7, 11) is 1.72. The number of nitrogens with zero attached hydrogens (tertiary/aromatic N) is 1. The number of rotatable bonds is 2. The van der Waals surface area contributed by atoms with E-state index in [1.807, 2.05) is 11.8 Å². The number of hydrogen-bond donors (Lipinski definition) is 1. The molecule has 1 saturated heterocycles. The average Bonchev–Trinajstić information content (AvgIpc) is 1.85. The van der Waals surface area contributed by atoms with Gasteiger partial charge in [0.05, 0.1) is 11.9 Å². The summed E-state index contributed by atoms with van der Waals surface area (Å²) in [5.74, 6) is 0.730. The molecule has 1 fully saturated rings. The summed E-state index contributed by atoms with van der Waals surface area (Å²) in [6.07, 6.45) is 1.20. The van der Waals surface area contributed by atoms with E-state index in [1.165, 1.54) is 0 Å². The first kappa shape index (κ1) is 7.54. The fraction of sp³-hybridized carbons (Fsp3) is 0.857. The van der Waals surface area contributed by atoms with E-state index in [-0.39, 0.29) is 0 Å². The Balaban J connectivity index is 2.19. The first-order valence-electron chi connectivity index (χ1n) is 3.63. The van der Waals surface area contributed by atoms with Gasteiger partial charge in [0.2, 0.25) is 0 Å². The number of ether oxygens (including phenoxy) is 1. The second-order valence-corrected chi connectivity index (χ2v) is 2.56. The highest BCUT2D eigenvalue weighted by Crippen LogP contribution is 2.11. The van der Waals surface area contributed by atoms with Crippen molar-refractivity contribution in [2.24, 2.45) is 0 Å². The molecular formula is C7H14N2O. The van der Waals surface area contributed by atoms with Crippen molar-refractivity contribution in [3.63, 3.8) is 0 Å². The van der Waals surface area contributed by atoms with Crippen molar-refractivity contribution in [3.8, 4) is 0 Å². The van der Waals surface area contributed by atoms with Gasteiger partial charge in [0.15, 0.2) is 0 Å². The van der Waals surface area contributed by atoms with E-state index in [9.17, 15) is 0 Å². The van der Waals surface area contributed by atoms with E-state index in [2.05, 4.69) is 0 Å². The lowest BCUT2D eigenvalue weighted by atomic mass is 10.1. The molecule has 58 valence electrons. The molecule has 0 radical (unpaired) electrons. The normalized spacial score (nSPS) is 18.8. The largest absolute Gasteiger partial charge is 0.378 e. The van der Waals surface area contributed by atoms with Crippen LogP contribution in [0.25, 0.3) is 0 Å². The van der Waals surface area contributed by atoms with Crippen molar-refractivity contribution in [1.29, 1.82) is 5.41 Å². The van der Waals surface area contributed by atoms with Gasteiger partial charge in [0, 0.05) is 26.6 Å². The highest BCUT2D eigenvalue weighted by molar-refractivity contribution is 5.79. The molecule has 1 rings (SSSR count). The van der Waals surface area contributed by atoms with Crippen LogP contribution < -0.4 is 0 Å². The molecule has 3 nitrogen and oxygen atoms in total. The summed E-state index contributed by atoms with van der Waals surface area (Å²) >= 11 is 0. The monoisotopic (exact) mass is 142 g/mol. The third-order valence-corrected chi connectivity index (χ3v) is 1.90. The summed E-state index contributed by atoms with van der Waals surface area (Å²) in [5, 5.41) is 7.43. The molecule has 0 aromatic rings. The molecule has 1 aliphatic rings. The Morgan fingerprint density at radius 1 is 1.70 bits per heavy atom. The minimum atomic E-state index is 0.367. The maximum absolute atomic E-state index is 7.43. The van der Waals surface area contributed by atoms with Crippen LogP contribution in [0.3, 0.4) is 0 Å². The Kier molecular flexibility index (Phi) is 2.27. The second-order valence-electron chi connectivity index (χ2n) is 2.56. The number of methoxy groups -OCH3 is 1. The lowest BCUT2D eigenvalue weighted by Crippen LogP contribution is -2.53. The van der Waals surface area contributed by atoms with Crippen molar-refractivity contribution in [1.82, 2.24) is 4.90 Å². The van der Waals surface area contributed by atoms with Crippen molar-refractivity contribution in [3.05, 3.63) is 0 Å². The predicted octanol–water partition coefficient (Wildman–Crippen LogP) is 0.704. The van der Waals surface area contributed by atoms with Gasteiger partial charge in [-0.3, -0.25) is 5.41 Å². The summed E-state index contributed by atoms with van der Waals surface area (Å²) in [6.45, 7) is 3.81. The van der Waals surface area contributed by atoms with Crippen LogP contribution in [0.5, 0.6) is 0 Å². The van der Waals surface area contributed by atoms with Crippen molar-refractivity contribution < 1.29 is 4.74 Å². The third kappa shape index (κ3) is 1.29. The van der Waals surface area contributed by atoms with E-state index < -0.39 is 0 Å². The maximum atomic E-state index is 7.43.